The highest BCUT2D eigenvalue weighted by Crippen LogP contribution is 2.48. The number of imidazole rings is 1. The maximum Gasteiger partial charge on any atom is 0.358 e. The van der Waals surface area contributed by atoms with Gasteiger partial charge in [0, 0.05) is 6.54 Å². The van der Waals surface area contributed by atoms with Crippen molar-refractivity contribution in [3.05, 3.63) is 12.7 Å². The van der Waals surface area contributed by atoms with Crippen LogP contribution in [0.3, 0.4) is 0 Å². The van der Waals surface area contributed by atoms with Crippen LogP contribution in [0.25, 0.3) is 11.2 Å². The van der Waals surface area contributed by atoms with E-state index >= 15 is 0 Å². The zero-order valence-corrected chi connectivity index (χ0v) is 17.3. The molecule has 0 radical (unpaired) electrons. The van der Waals surface area contributed by atoms with E-state index in [4.69, 9.17) is 24.3 Å². The van der Waals surface area contributed by atoms with Crippen molar-refractivity contribution in [3.8, 4) is 0 Å². The summed E-state index contributed by atoms with van der Waals surface area (Å²) in [5.41, 5.74) is 6.14. The first-order chi connectivity index (χ1) is 13.2. The number of carbonyl (C=O) groups is 1. The van der Waals surface area contributed by atoms with Crippen molar-refractivity contribution in [2.75, 3.05) is 32.1 Å². The van der Waals surface area contributed by atoms with Crippen LogP contribution in [0.4, 0.5) is 5.82 Å². The monoisotopic (exact) mass is 415 g/mol. The van der Waals surface area contributed by atoms with Crippen molar-refractivity contribution in [1.82, 2.24) is 19.5 Å². The Hall–Kier alpha value is -2.07. The molecule has 2 N–H and O–H groups in total. The second kappa shape index (κ2) is 9.42. The predicted octanol–water partition coefficient (Wildman–Crippen LogP) is 2.18. The van der Waals surface area contributed by atoms with E-state index < -0.39 is 25.8 Å². The number of nitrogens with two attached hydrogens (primary N) is 1. The molecule has 0 aromatic carbocycles. The number of fused-ring (bicyclic) bond motifs is 1. The summed E-state index contributed by atoms with van der Waals surface area (Å²) in [5.74, 6) is -0.173. The van der Waals surface area contributed by atoms with Crippen molar-refractivity contribution >= 4 is 30.5 Å². The summed E-state index contributed by atoms with van der Waals surface area (Å²) in [6.45, 7) is 7.10. The zero-order valence-electron chi connectivity index (χ0n) is 16.5. The van der Waals surface area contributed by atoms with E-state index in [0.717, 1.165) is 0 Å². The van der Waals surface area contributed by atoms with Gasteiger partial charge in [-0.3, -0.25) is 13.9 Å². The van der Waals surface area contributed by atoms with Crippen LogP contribution in [0, 0.1) is 5.41 Å². The standard InChI is InChI=1S/C16H26N5O6P/c1-5-26-28(23,27-10-25-15(22)16(2,3)4)11-24-7-6-21-9-20-12-13(17)18-8-19-14(12)21/h8-9H,5-7,10-11H2,1-4H3,(H2,17,18,19)/t28-/m0/s1. The number of nitrogens with zero attached hydrogens (tertiary/aromatic N) is 4. The van der Waals surface area contributed by atoms with Gasteiger partial charge in [0.15, 0.2) is 11.5 Å². The third-order valence-electron chi connectivity index (χ3n) is 3.53. The molecule has 2 heterocycles. The maximum atomic E-state index is 12.6. The van der Waals surface area contributed by atoms with Crippen LogP contribution < -0.4 is 5.73 Å². The molecular formula is C16H26N5O6P. The van der Waals surface area contributed by atoms with Crippen LogP contribution in [-0.2, 0) is 34.4 Å². The molecule has 0 bridgehead atoms. The molecule has 1 atom stereocenters. The first-order valence-electron chi connectivity index (χ1n) is 8.70. The van der Waals surface area contributed by atoms with Crippen LogP contribution in [0.5, 0.6) is 0 Å². The number of rotatable bonds is 10. The van der Waals surface area contributed by atoms with Crippen LogP contribution in [-0.4, -0.2) is 51.8 Å². The largest absolute Gasteiger partial charge is 0.438 e. The molecule has 0 aliphatic heterocycles. The summed E-state index contributed by atoms with van der Waals surface area (Å²) in [7, 11) is -3.56. The van der Waals surface area contributed by atoms with Gasteiger partial charge in [-0.25, -0.2) is 15.0 Å². The van der Waals surface area contributed by atoms with Crippen molar-refractivity contribution in [2.45, 2.75) is 34.2 Å². The minimum Gasteiger partial charge on any atom is -0.438 e. The number of esters is 1. The molecule has 0 unspecified atom stereocenters. The fraction of sp³-hybridized carbons (Fsp3) is 0.625. The third kappa shape index (κ3) is 5.96. The first kappa shape index (κ1) is 22.2. The minimum absolute atomic E-state index is 0.163. The Morgan fingerprint density at radius 1 is 1.25 bits per heavy atom. The van der Waals surface area contributed by atoms with Crippen molar-refractivity contribution < 1.29 is 27.9 Å². The molecule has 12 heteroatoms. The van der Waals surface area contributed by atoms with Gasteiger partial charge in [-0.2, -0.15) is 0 Å². The number of nitrogen functional groups attached to an aromatic ring is 1. The van der Waals surface area contributed by atoms with Crippen LogP contribution >= 0.6 is 7.60 Å². The average Bonchev–Trinajstić information content (AvgIpc) is 3.03. The number of hydrogen-bond acceptors (Lipinski definition) is 10. The summed E-state index contributed by atoms with van der Waals surface area (Å²) in [6, 6.07) is 0. The number of aromatic nitrogens is 4. The molecule has 2 rings (SSSR count). The Morgan fingerprint density at radius 2 is 2.00 bits per heavy atom. The van der Waals surface area contributed by atoms with E-state index in [-0.39, 0.29) is 19.6 Å². The molecule has 11 nitrogen and oxygen atoms in total. The van der Waals surface area contributed by atoms with Gasteiger partial charge in [0.2, 0.25) is 6.79 Å². The van der Waals surface area contributed by atoms with E-state index in [1.807, 2.05) is 0 Å². The fourth-order valence-corrected chi connectivity index (χ4v) is 3.27. The molecule has 2 aromatic heterocycles. The molecule has 0 fully saturated rings. The second-order valence-corrected chi connectivity index (χ2v) is 8.86. The molecular weight excluding hydrogens is 389 g/mol. The smallest absolute Gasteiger partial charge is 0.358 e. The van der Waals surface area contributed by atoms with E-state index in [2.05, 4.69) is 15.0 Å². The molecule has 0 saturated carbocycles. The highest BCUT2D eigenvalue weighted by Gasteiger charge is 2.28. The quantitative estimate of drug-likeness (QED) is 0.266. The number of hydrogen-bond donors (Lipinski definition) is 1. The SMILES string of the molecule is CCO[P@@](=O)(COCCn1cnc2c(N)ncnc21)OCOC(=O)C(C)(C)C. The molecule has 0 spiro atoms. The second-order valence-electron chi connectivity index (χ2n) is 6.86. The Labute approximate surface area is 163 Å². The summed E-state index contributed by atoms with van der Waals surface area (Å²) in [4.78, 5) is 23.9. The third-order valence-corrected chi connectivity index (χ3v) is 5.18. The first-order valence-corrected chi connectivity index (χ1v) is 10.4. The highest BCUT2D eigenvalue weighted by molar-refractivity contribution is 7.53. The molecule has 0 saturated heterocycles. The van der Waals surface area contributed by atoms with Gasteiger partial charge in [-0.15, -0.1) is 0 Å². The van der Waals surface area contributed by atoms with Gasteiger partial charge in [-0.1, -0.05) is 0 Å². The summed E-state index contributed by atoms with van der Waals surface area (Å²) in [6.07, 6.45) is 2.65. The van der Waals surface area contributed by atoms with E-state index in [1.54, 1.807) is 38.6 Å². The van der Waals surface area contributed by atoms with Gasteiger partial charge in [0.1, 0.15) is 18.2 Å². The average molecular weight is 415 g/mol. The van der Waals surface area contributed by atoms with E-state index in [0.29, 0.717) is 23.5 Å². The van der Waals surface area contributed by atoms with E-state index in [9.17, 15) is 9.36 Å². The molecule has 0 amide bonds. The fourth-order valence-electron chi connectivity index (χ4n) is 2.09. The molecule has 156 valence electrons. The molecule has 28 heavy (non-hydrogen) atoms. The molecule has 2 aromatic rings. The summed E-state index contributed by atoms with van der Waals surface area (Å²) in [5, 5.41) is 0. The Bertz CT molecular complexity index is 850. The summed E-state index contributed by atoms with van der Waals surface area (Å²) < 4.78 is 35.2. The van der Waals surface area contributed by atoms with Crippen molar-refractivity contribution in [2.24, 2.45) is 5.41 Å². The van der Waals surface area contributed by atoms with Crippen LogP contribution in [0.15, 0.2) is 12.7 Å². The molecule has 0 aliphatic carbocycles. The van der Waals surface area contributed by atoms with Crippen molar-refractivity contribution in [3.63, 3.8) is 0 Å². The number of carbonyl (C=O) groups excluding carboxylic acids is 1. The summed E-state index contributed by atoms with van der Waals surface area (Å²) >= 11 is 0. The lowest BCUT2D eigenvalue weighted by molar-refractivity contribution is -0.160. The Morgan fingerprint density at radius 3 is 2.68 bits per heavy atom. The lowest BCUT2D eigenvalue weighted by Crippen LogP contribution is -2.24. The van der Waals surface area contributed by atoms with Crippen LogP contribution in [0.2, 0.25) is 0 Å². The highest BCUT2D eigenvalue weighted by atomic mass is 31.2. The normalized spacial score (nSPS) is 14.1. The van der Waals surface area contributed by atoms with Gasteiger partial charge in [0.05, 0.1) is 25.0 Å². The maximum absolute atomic E-state index is 12.6. The Balaban J connectivity index is 1.84. The Kier molecular flexibility index (Phi) is 7.48. The zero-order chi connectivity index (χ0) is 20.8. The van der Waals surface area contributed by atoms with Crippen LogP contribution in [0.1, 0.15) is 27.7 Å². The van der Waals surface area contributed by atoms with Gasteiger partial charge in [-0.05, 0) is 27.7 Å². The lowest BCUT2D eigenvalue weighted by Gasteiger charge is -2.20. The van der Waals surface area contributed by atoms with Gasteiger partial charge in [0.25, 0.3) is 0 Å². The number of ether oxygens (including phenoxy) is 2. The lowest BCUT2D eigenvalue weighted by atomic mass is 9.98. The minimum atomic E-state index is -3.56. The predicted molar refractivity (Wildman–Crippen MR) is 101 cm³/mol. The number of anilines is 1. The topological polar surface area (TPSA) is 141 Å². The van der Waals surface area contributed by atoms with Gasteiger partial charge < -0.3 is 24.3 Å². The van der Waals surface area contributed by atoms with E-state index in [1.165, 1.54) is 6.33 Å². The molecule has 0 aliphatic rings. The van der Waals surface area contributed by atoms with Gasteiger partial charge >= 0.3 is 13.6 Å². The van der Waals surface area contributed by atoms with Crippen molar-refractivity contribution in [1.29, 1.82) is 0 Å².